The van der Waals surface area contributed by atoms with Gasteiger partial charge in [-0.2, -0.15) is 0 Å². The summed E-state index contributed by atoms with van der Waals surface area (Å²) in [5.74, 6) is -0.140. The Morgan fingerprint density at radius 2 is 1.57 bits per heavy atom. The topological polar surface area (TPSA) is 0 Å². The van der Waals surface area contributed by atoms with Gasteiger partial charge in [0.1, 0.15) is 5.82 Å². The predicted molar refractivity (Wildman–Crippen MR) is 90.5 cm³/mol. The van der Waals surface area contributed by atoms with Gasteiger partial charge in [0.2, 0.25) is 0 Å². The van der Waals surface area contributed by atoms with Gasteiger partial charge in [-0.25, -0.2) is 4.39 Å². The van der Waals surface area contributed by atoms with Gasteiger partial charge < -0.3 is 0 Å². The lowest BCUT2D eigenvalue weighted by molar-refractivity contribution is 0.608. The number of benzene rings is 3. The van der Waals surface area contributed by atoms with Crippen LogP contribution in [0.3, 0.4) is 0 Å². The molecule has 0 saturated carbocycles. The van der Waals surface area contributed by atoms with Crippen molar-refractivity contribution in [2.24, 2.45) is 0 Å². The fourth-order valence-electron chi connectivity index (χ4n) is 2.71. The van der Waals surface area contributed by atoms with E-state index in [1.807, 2.05) is 18.2 Å². The SMILES string of the molecule is Cc1ccc(C(Br)Cc2ccccc2F)c2ccccc12. The smallest absolute Gasteiger partial charge is 0.126 e. The second-order valence-corrected chi connectivity index (χ2v) is 6.39. The van der Waals surface area contributed by atoms with Crippen molar-refractivity contribution in [2.75, 3.05) is 0 Å². The normalized spacial score (nSPS) is 12.5. The molecular formula is C19H16BrF. The van der Waals surface area contributed by atoms with Crippen molar-refractivity contribution in [2.45, 2.75) is 18.2 Å². The molecule has 0 amide bonds. The van der Waals surface area contributed by atoms with E-state index in [0.29, 0.717) is 6.42 Å². The molecule has 2 heteroatoms. The standard InChI is InChI=1S/C19H16BrF/c1-13-10-11-17(16-8-4-3-7-15(13)16)18(20)12-14-6-2-5-9-19(14)21/h2-11,18H,12H2,1H3. The average molecular weight is 343 g/mol. The molecule has 0 saturated heterocycles. The van der Waals surface area contributed by atoms with Crippen molar-refractivity contribution >= 4 is 26.7 Å². The van der Waals surface area contributed by atoms with Crippen molar-refractivity contribution in [3.63, 3.8) is 0 Å². The number of halogens is 2. The lowest BCUT2D eigenvalue weighted by Gasteiger charge is -2.15. The molecular weight excluding hydrogens is 327 g/mol. The third-order valence-electron chi connectivity index (χ3n) is 3.87. The molecule has 0 aromatic heterocycles. The Balaban J connectivity index is 2.01. The van der Waals surface area contributed by atoms with Crippen LogP contribution in [0.4, 0.5) is 4.39 Å². The number of hydrogen-bond acceptors (Lipinski definition) is 0. The van der Waals surface area contributed by atoms with E-state index in [0.717, 1.165) is 5.56 Å². The molecule has 0 radical (unpaired) electrons. The van der Waals surface area contributed by atoms with Crippen LogP contribution < -0.4 is 0 Å². The van der Waals surface area contributed by atoms with Crippen LogP contribution in [0.2, 0.25) is 0 Å². The van der Waals surface area contributed by atoms with Crippen LogP contribution in [0, 0.1) is 12.7 Å². The molecule has 21 heavy (non-hydrogen) atoms. The molecule has 3 aromatic rings. The summed E-state index contributed by atoms with van der Waals surface area (Å²) in [6.45, 7) is 2.12. The average Bonchev–Trinajstić information content (AvgIpc) is 2.50. The minimum atomic E-state index is -0.140. The zero-order valence-corrected chi connectivity index (χ0v) is 13.4. The van der Waals surface area contributed by atoms with Gasteiger partial charge in [0.15, 0.2) is 0 Å². The zero-order chi connectivity index (χ0) is 14.8. The molecule has 0 N–H and O–H groups in total. The highest BCUT2D eigenvalue weighted by Gasteiger charge is 2.14. The minimum absolute atomic E-state index is 0.0971. The van der Waals surface area contributed by atoms with Crippen molar-refractivity contribution in [3.05, 3.63) is 83.2 Å². The highest BCUT2D eigenvalue weighted by atomic mass is 79.9. The third kappa shape index (κ3) is 2.86. The van der Waals surface area contributed by atoms with E-state index in [2.05, 4.69) is 53.2 Å². The van der Waals surface area contributed by atoms with Crippen LogP contribution in [0.15, 0.2) is 60.7 Å². The summed E-state index contributed by atoms with van der Waals surface area (Å²) in [6, 6.07) is 19.6. The van der Waals surface area contributed by atoms with Crippen molar-refractivity contribution in [1.29, 1.82) is 0 Å². The molecule has 106 valence electrons. The van der Waals surface area contributed by atoms with E-state index in [-0.39, 0.29) is 10.6 Å². The van der Waals surface area contributed by atoms with Gasteiger partial charge in [-0.3, -0.25) is 0 Å². The maximum absolute atomic E-state index is 13.8. The van der Waals surface area contributed by atoms with E-state index in [1.165, 1.54) is 28.0 Å². The Kier molecular flexibility index (Phi) is 4.07. The molecule has 1 atom stereocenters. The summed E-state index contributed by atoms with van der Waals surface area (Å²) in [5.41, 5.74) is 3.21. The minimum Gasteiger partial charge on any atom is -0.207 e. The zero-order valence-electron chi connectivity index (χ0n) is 11.8. The molecule has 3 rings (SSSR count). The molecule has 0 aliphatic carbocycles. The predicted octanol–water partition coefficient (Wildman–Crippen LogP) is 5.97. The summed E-state index contributed by atoms with van der Waals surface area (Å²) in [4.78, 5) is 0.0971. The van der Waals surface area contributed by atoms with Crippen molar-refractivity contribution in [1.82, 2.24) is 0 Å². The molecule has 0 bridgehead atoms. The second-order valence-electron chi connectivity index (χ2n) is 5.28. The van der Waals surface area contributed by atoms with E-state index in [9.17, 15) is 4.39 Å². The molecule has 0 aliphatic heterocycles. The quantitative estimate of drug-likeness (QED) is 0.514. The molecule has 0 spiro atoms. The van der Waals surface area contributed by atoms with Crippen molar-refractivity contribution < 1.29 is 4.39 Å². The molecule has 0 fully saturated rings. The monoisotopic (exact) mass is 342 g/mol. The number of alkyl halides is 1. The van der Waals surface area contributed by atoms with Crippen LogP contribution >= 0.6 is 15.9 Å². The van der Waals surface area contributed by atoms with Crippen LogP contribution in [-0.4, -0.2) is 0 Å². The fourth-order valence-corrected chi connectivity index (χ4v) is 3.46. The van der Waals surface area contributed by atoms with E-state index >= 15 is 0 Å². The first-order chi connectivity index (χ1) is 10.2. The highest BCUT2D eigenvalue weighted by molar-refractivity contribution is 9.09. The fraction of sp³-hybridized carbons (Fsp3) is 0.158. The molecule has 1 unspecified atom stereocenters. The van der Waals surface area contributed by atoms with Crippen LogP contribution in [0.5, 0.6) is 0 Å². The molecule has 0 heterocycles. The molecule has 0 aliphatic rings. The lowest BCUT2D eigenvalue weighted by Crippen LogP contribution is -1.99. The maximum Gasteiger partial charge on any atom is 0.126 e. The highest BCUT2D eigenvalue weighted by Crippen LogP contribution is 2.34. The first kappa shape index (κ1) is 14.3. The number of hydrogen-bond donors (Lipinski definition) is 0. The second kappa shape index (κ2) is 5.98. The first-order valence-electron chi connectivity index (χ1n) is 7.02. The number of aryl methyl sites for hydroxylation is 1. The third-order valence-corrected chi connectivity index (χ3v) is 4.69. The summed E-state index contributed by atoms with van der Waals surface area (Å²) in [6.07, 6.45) is 0.639. The van der Waals surface area contributed by atoms with Gasteiger partial charge >= 0.3 is 0 Å². The Morgan fingerprint density at radius 1 is 0.905 bits per heavy atom. The van der Waals surface area contributed by atoms with Crippen LogP contribution in [0.1, 0.15) is 21.5 Å². The Labute approximate surface area is 132 Å². The van der Waals surface area contributed by atoms with E-state index < -0.39 is 0 Å². The number of rotatable bonds is 3. The molecule has 0 nitrogen and oxygen atoms in total. The van der Waals surface area contributed by atoms with Crippen LogP contribution in [0.25, 0.3) is 10.8 Å². The summed E-state index contributed by atoms with van der Waals surface area (Å²) >= 11 is 3.74. The number of fused-ring (bicyclic) bond motifs is 1. The first-order valence-corrected chi connectivity index (χ1v) is 7.94. The Morgan fingerprint density at radius 3 is 2.33 bits per heavy atom. The van der Waals surface area contributed by atoms with Gasteiger partial charge in [0.05, 0.1) is 0 Å². The lowest BCUT2D eigenvalue weighted by atomic mass is 9.96. The van der Waals surface area contributed by atoms with E-state index in [1.54, 1.807) is 6.07 Å². The Hall–Kier alpha value is -1.67. The largest absolute Gasteiger partial charge is 0.207 e. The van der Waals surface area contributed by atoms with Gasteiger partial charge in [0, 0.05) is 4.83 Å². The Bertz CT molecular complexity index is 779. The summed E-state index contributed by atoms with van der Waals surface area (Å²) in [7, 11) is 0. The van der Waals surface area contributed by atoms with Crippen molar-refractivity contribution in [3.8, 4) is 0 Å². The maximum atomic E-state index is 13.8. The van der Waals surface area contributed by atoms with Gasteiger partial charge in [-0.1, -0.05) is 70.5 Å². The summed E-state index contributed by atoms with van der Waals surface area (Å²) < 4.78 is 13.8. The summed E-state index contributed by atoms with van der Waals surface area (Å²) in [5, 5.41) is 2.49. The van der Waals surface area contributed by atoms with Crippen LogP contribution in [-0.2, 0) is 6.42 Å². The van der Waals surface area contributed by atoms with E-state index in [4.69, 9.17) is 0 Å². The van der Waals surface area contributed by atoms with Gasteiger partial charge in [0.25, 0.3) is 0 Å². The van der Waals surface area contributed by atoms with Gasteiger partial charge in [-0.05, 0) is 46.9 Å². The molecule has 3 aromatic carbocycles. The van der Waals surface area contributed by atoms with Gasteiger partial charge in [-0.15, -0.1) is 0 Å².